The largest absolute Gasteiger partial charge is 0.396 e. The SMILES string of the molecule is CC(CO)CNc1cc(F)cc(F)c1. The van der Waals surface area contributed by atoms with Crippen LogP contribution < -0.4 is 5.32 Å². The lowest BCUT2D eigenvalue weighted by atomic mass is 10.2. The van der Waals surface area contributed by atoms with Gasteiger partial charge in [-0.1, -0.05) is 6.92 Å². The van der Waals surface area contributed by atoms with Crippen molar-refractivity contribution in [3.05, 3.63) is 29.8 Å². The first-order valence-electron chi connectivity index (χ1n) is 4.42. The van der Waals surface area contributed by atoms with Crippen LogP contribution in [-0.4, -0.2) is 18.3 Å². The molecule has 2 nitrogen and oxygen atoms in total. The molecule has 0 aliphatic heterocycles. The van der Waals surface area contributed by atoms with Gasteiger partial charge in [0.25, 0.3) is 0 Å². The average Bonchev–Trinajstić information content (AvgIpc) is 2.12. The third-order valence-corrected chi connectivity index (χ3v) is 1.83. The van der Waals surface area contributed by atoms with E-state index in [0.717, 1.165) is 6.07 Å². The van der Waals surface area contributed by atoms with Crippen LogP contribution in [0.1, 0.15) is 6.92 Å². The summed E-state index contributed by atoms with van der Waals surface area (Å²) in [5.41, 5.74) is 0.391. The molecule has 1 aromatic carbocycles. The third-order valence-electron chi connectivity index (χ3n) is 1.83. The van der Waals surface area contributed by atoms with Crippen LogP contribution in [0, 0.1) is 17.6 Å². The zero-order valence-electron chi connectivity index (χ0n) is 7.93. The molecule has 1 atom stereocenters. The minimum absolute atomic E-state index is 0.0464. The third kappa shape index (κ3) is 3.30. The molecule has 0 fully saturated rings. The summed E-state index contributed by atoms with van der Waals surface area (Å²) >= 11 is 0. The Labute approximate surface area is 81.6 Å². The highest BCUT2D eigenvalue weighted by atomic mass is 19.1. The lowest BCUT2D eigenvalue weighted by Gasteiger charge is -2.10. The number of rotatable bonds is 4. The number of aliphatic hydroxyl groups excluding tert-OH is 1. The van der Waals surface area contributed by atoms with Gasteiger partial charge in [0, 0.05) is 24.9 Å². The molecule has 14 heavy (non-hydrogen) atoms. The Balaban J connectivity index is 2.58. The lowest BCUT2D eigenvalue weighted by molar-refractivity contribution is 0.244. The van der Waals surface area contributed by atoms with E-state index >= 15 is 0 Å². The smallest absolute Gasteiger partial charge is 0.128 e. The van der Waals surface area contributed by atoms with Crippen LogP contribution in [0.3, 0.4) is 0 Å². The minimum Gasteiger partial charge on any atom is -0.396 e. The van der Waals surface area contributed by atoms with Crippen molar-refractivity contribution < 1.29 is 13.9 Å². The summed E-state index contributed by atoms with van der Waals surface area (Å²) in [5, 5.41) is 11.6. The first-order valence-corrected chi connectivity index (χ1v) is 4.42. The number of hydrogen-bond donors (Lipinski definition) is 2. The van der Waals surface area contributed by atoms with Gasteiger partial charge in [0.15, 0.2) is 0 Å². The average molecular weight is 201 g/mol. The van der Waals surface area contributed by atoms with Crippen molar-refractivity contribution in [3.8, 4) is 0 Å². The number of aliphatic hydroxyl groups is 1. The Hall–Kier alpha value is -1.16. The number of nitrogens with one attached hydrogen (secondary N) is 1. The molecule has 1 rings (SSSR count). The van der Waals surface area contributed by atoms with Gasteiger partial charge >= 0.3 is 0 Å². The van der Waals surface area contributed by atoms with Gasteiger partial charge in [-0.3, -0.25) is 0 Å². The Morgan fingerprint density at radius 1 is 1.29 bits per heavy atom. The molecule has 1 aromatic rings. The molecule has 78 valence electrons. The van der Waals surface area contributed by atoms with Gasteiger partial charge in [0.05, 0.1) is 0 Å². The summed E-state index contributed by atoms with van der Waals surface area (Å²) in [5.74, 6) is -1.16. The number of anilines is 1. The highest BCUT2D eigenvalue weighted by Gasteiger charge is 2.02. The van der Waals surface area contributed by atoms with Gasteiger partial charge in [-0.25, -0.2) is 8.78 Å². The fraction of sp³-hybridized carbons (Fsp3) is 0.400. The van der Waals surface area contributed by atoms with Crippen molar-refractivity contribution in [1.82, 2.24) is 0 Å². The van der Waals surface area contributed by atoms with E-state index in [1.54, 1.807) is 0 Å². The minimum atomic E-state index is -0.607. The number of hydrogen-bond acceptors (Lipinski definition) is 2. The van der Waals surface area contributed by atoms with Crippen molar-refractivity contribution in [2.45, 2.75) is 6.92 Å². The normalized spacial score (nSPS) is 12.6. The van der Waals surface area contributed by atoms with E-state index in [4.69, 9.17) is 5.11 Å². The fourth-order valence-electron chi connectivity index (χ4n) is 1.01. The van der Waals surface area contributed by atoms with Crippen LogP contribution in [0.5, 0.6) is 0 Å². The van der Waals surface area contributed by atoms with E-state index in [2.05, 4.69) is 5.32 Å². The van der Waals surface area contributed by atoms with Crippen molar-refractivity contribution in [2.75, 3.05) is 18.5 Å². The standard InChI is InChI=1S/C10H13F2NO/c1-7(6-14)5-13-10-3-8(11)2-9(12)4-10/h2-4,7,13-14H,5-6H2,1H3. The Kier molecular flexibility index (Phi) is 3.83. The summed E-state index contributed by atoms with van der Waals surface area (Å²) in [6, 6.07) is 3.25. The van der Waals surface area contributed by atoms with Gasteiger partial charge in [0.2, 0.25) is 0 Å². The molecule has 0 saturated heterocycles. The first kappa shape index (κ1) is 10.9. The van der Waals surface area contributed by atoms with E-state index < -0.39 is 11.6 Å². The van der Waals surface area contributed by atoms with Crippen LogP contribution in [0.4, 0.5) is 14.5 Å². The maximum absolute atomic E-state index is 12.7. The molecular weight excluding hydrogens is 188 g/mol. The summed E-state index contributed by atoms with van der Waals surface area (Å²) < 4.78 is 25.4. The maximum atomic E-state index is 12.7. The van der Waals surface area contributed by atoms with Gasteiger partial charge in [-0.2, -0.15) is 0 Å². The van der Waals surface area contributed by atoms with Crippen molar-refractivity contribution in [2.24, 2.45) is 5.92 Å². The molecule has 0 saturated carbocycles. The van der Waals surface area contributed by atoms with Crippen LogP contribution in [0.15, 0.2) is 18.2 Å². The highest BCUT2D eigenvalue weighted by Crippen LogP contribution is 2.13. The highest BCUT2D eigenvalue weighted by molar-refractivity contribution is 5.43. The summed E-state index contributed by atoms with van der Waals surface area (Å²) in [7, 11) is 0. The molecule has 4 heteroatoms. The molecule has 0 heterocycles. The van der Waals surface area contributed by atoms with E-state index in [0.29, 0.717) is 12.2 Å². The second kappa shape index (κ2) is 4.91. The van der Waals surface area contributed by atoms with Gasteiger partial charge < -0.3 is 10.4 Å². The summed E-state index contributed by atoms with van der Waals surface area (Å²) in [6.45, 7) is 2.37. The zero-order valence-corrected chi connectivity index (χ0v) is 7.93. The van der Waals surface area contributed by atoms with Crippen LogP contribution in [-0.2, 0) is 0 Å². The monoisotopic (exact) mass is 201 g/mol. The van der Waals surface area contributed by atoms with E-state index in [1.807, 2.05) is 6.92 Å². The Morgan fingerprint density at radius 3 is 2.36 bits per heavy atom. The van der Waals surface area contributed by atoms with Gasteiger partial charge in [0.1, 0.15) is 11.6 Å². The molecule has 0 radical (unpaired) electrons. The van der Waals surface area contributed by atoms with Crippen molar-refractivity contribution >= 4 is 5.69 Å². The van der Waals surface area contributed by atoms with Gasteiger partial charge in [-0.05, 0) is 18.1 Å². The summed E-state index contributed by atoms with van der Waals surface area (Å²) in [4.78, 5) is 0. The van der Waals surface area contributed by atoms with Crippen LogP contribution >= 0.6 is 0 Å². The molecule has 0 aliphatic carbocycles. The van der Waals surface area contributed by atoms with Crippen LogP contribution in [0.25, 0.3) is 0 Å². The molecule has 0 aliphatic rings. The Bertz CT molecular complexity index is 284. The number of halogens is 2. The molecule has 1 unspecified atom stereocenters. The second-order valence-corrected chi connectivity index (χ2v) is 3.33. The van der Waals surface area contributed by atoms with Crippen molar-refractivity contribution in [1.29, 1.82) is 0 Å². The Morgan fingerprint density at radius 2 is 1.86 bits per heavy atom. The second-order valence-electron chi connectivity index (χ2n) is 3.33. The molecule has 0 bridgehead atoms. The van der Waals surface area contributed by atoms with Crippen LogP contribution in [0.2, 0.25) is 0 Å². The maximum Gasteiger partial charge on any atom is 0.128 e. The van der Waals surface area contributed by atoms with Gasteiger partial charge in [-0.15, -0.1) is 0 Å². The lowest BCUT2D eigenvalue weighted by Crippen LogP contribution is -2.14. The number of benzene rings is 1. The molecule has 0 aromatic heterocycles. The van der Waals surface area contributed by atoms with Crippen molar-refractivity contribution in [3.63, 3.8) is 0 Å². The molecule has 0 spiro atoms. The van der Waals surface area contributed by atoms with E-state index in [9.17, 15) is 8.78 Å². The molecule has 2 N–H and O–H groups in total. The molecule has 0 amide bonds. The predicted octanol–water partition coefficient (Wildman–Crippen LogP) is 2.01. The van der Waals surface area contributed by atoms with E-state index in [1.165, 1.54) is 12.1 Å². The predicted molar refractivity (Wildman–Crippen MR) is 51.1 cm³/mol. The van der Waals surface area contributed by atoms with E-state index in [-0.39, 0.29) is 12.5 Å². The fourth-order valence-corrected chi connectivity index (χ4v) is 1.01. The first-order chi connectivity index (χ1) is 6.61. The topological polar surface area (TPSA) is 32.3 Å². The zero-order chi connectivity index (χ0) is 10.6. The summed E-state index contributed by atoms with van der Waals surface area (Å²) in [6.07, 6.45) is 0. The molecular formula is C10H13F2NO. The quantitative estimate of drug-likeness (QED) is 0.781.